The first kappa shape index (κ1) is 17.7. The van der Waals surface area contributed by atoms with Gasteiger partial charge in [0.05, 0.1) is 24.0 Å². The summed E-state index contributed by atoms with van der Waals surface area (Å²) in [5.41, 5.74) is 1.38. The maximum absolute atomic E-state index is 12.3. The standard InChI is InChI=1S/C14H23F3N4/c1-5-18-8-11-12(9-19-13(20-11)10(2)3)21(4)7-6-14(15,16)17/h9-10,18H,5-8H2,1-4H3. The molecule has 1 N–H and O–H groups in total. The van der Waals surface area contributed by atoms with E-state index < -0.39 is 12.6 Å². The Morgan fingerprint density at radius 2 is 2.00 bits per heavy atom. The molecule has 0 saturated heterocycles. The van der Waals surface area contributed by atoms with Crippen LogP contribution in [0, 0.1) is 0 Å². The van der Waals surface area contributed by atoms with Crippen LogP contribution in [-0.2, 0) is 6.54 Å². The van der Waals surface area contributed by atoms with Crippen molar-refractivity contribution >= 4 is 5.69 Å². The van der Waals surface area contributed by atoms with Crippen molar-refractivity contribution in [2.75, 3.05) is 25.0 Å². The molecule has 0 amide bonds. The Morgan fingerprint density at radius 3 is 2.52 bits per heavy atom. The van der Waals surface area contributed by atoms with E-state index >= 15 is 0 Å². The molecule has 0 aliphatic rings. The van der Waals surface area contributed by atoms with Gasteiger partial charge in [0.1, 0.15) is 5.82 Å². The molecule has 1 aromatic rings. The zero-order chi connectivity index (χ0) is 16.0. The average Bonchev–Trinajstić information content (AvgIpc) is 2.41. The third kappa shape index (κ3) is 5.87. The summed E-state index contributed by atoms with van der Waals surface area (Å²) in [7, 11) is 1.63. The van der Waals surface area contributed by atoms with Crippen molar-refractivity contribution < 1.29 is 13.2 Å². The fraction of sp³-hybridized carbons (Fsp3) is 0.714. The number of aromatic nitrogens is 2. The second-order valence-corrected chi connectivity index (χ2v) is 5.28. The maximum Gasteiger partial charge on any atom is 0.390 e. The Morgan fingerprint density at radius 1 is 1.33 bits per heavy atom. The van der Waals surface area contributed by atoms with Crippen LogP contribution in [0.25, 0.3) is 0 Å². The molecule has 0 atom stereocenters. The summed E-state index contributed by atoms with van der Waals surface area (Å²) in [5, 5.41) is 3.16. The quantitative estimate of drug-likeness (QED) is 0.840. The van der Waals surface area contributed by atoms with Crippen LogP contribution in [-0.4, -0.2) is 36.3 Å². The largest absolute Gasteiger partial charge is 0.390 e. The number of halogens is 3. The number of hydrogen-bond acceptors (Lipinski definition) is 4. The van der Waals surface area contributed by atoms with Gasteiger partial charge in [0.15, 0.2) is 0 Å². The molecule has 0 aromatic carbocycles. The Labute approximate surface area is 123 Å². The number of nitrogens with zero attached hydrogens (tertiary/aromatic N) is 3. The lowest BCUT2D eigenvalue weighted by Gasteiger charge is -2.23. The molecule has 0 aliphatic heterocycles. The zero-order valence-electron chi connectivity index (χ0n) is 13.0. The highest BCUT2D eigenvalue weighted by Crippen LogP contribution is 2.23. The van der Waals surface area contributed by atoms with Crippen LogP contribution >= 0.6 is 0 Å². The van der Waals surface area contributed by atoms with E-state index in [2.05, 4.69) is 15.3 Å². The molecule has 0 spiro atoms. The molecule has 0 aliphatic carbocycles. The van der Waals surface area contributed by atoms with Crippen LogP contribution < -0.4 is 10.2 Å². The van der Waals surface area contributed by atoms with E-state index in [1.165, 1.54) is 0 Å². The van der Waals surface area contributed by atoms with Gasteiger partial charge in [0.25, 0.3) is 0 Å². The van der Waals surface area contributed by atoms with Crippen molar-refractivity contribution in [2.24, 2.45) is 0 Å². The summed E-state index contributed by atoms with van der Waals surface area (Å²) in [6.45, 7) is 7.13. The van der Waals surface area contributed by atoms with Crippen molar-refractivity contribution in [3.63, 3.8) is 0 Å². The van der Waals surface area contributed by atoms with Gasteiger partial charge in [0.2, 0.25) is 0 Å². The molecule has 0 saturated carbocycles. The Balaban J connectivity index is 2.92. The summed E-state index contributed by atoms with van der Waals surface area (Å²) in [6, 6.07) is 0. The van der Waals surface area contributed by atoms with Crippen LogP contribution in [0.1, 0.15) is 44.6 Å². The van der Waals surface area contributed by atoms with Gasteiger partial charge < -0.3 is 10.2 Å². The third-order valence-corrected chi connectivity index (χ3v) is 3.07. The molecule has 0 fully saturated rings. The Bertz CT molecular complexity index is 446. The number of rotatable bonds is 7. The molecule has 4 nitrogen and oxygen atoms in total. The molecule has 1 aromatic heterocycles. The predicted octanol–water partition coefficient (Wildman–Crippen LogP) is 3.10. The van der Waals surface area contributed by atoms with E-state index in [9.17, 15) is 13.2 Å². The van der Waals surface area contributed by atoms with Gasteiger partial charge in [0, 0.05) is 26.1 Å². The highest BCUT2D eigenvalue weighted by molar-refractivity contribution is 5.48. The second kappa shape index (κ2) is 7.59. The van der Waals surface area contributed by atoms with Crippen molar-refractivity contribution in [1.82, 2.24) is 15.3 Å². The van der Waals surface area contributed by atoms with E-state index in [0.717, 1.165) is 12.2 Å². The second-order valence-electron chi connectivity index (χ2n) is 5.28. The van der Waals surface area contributed by atoms with Gasteiger partial charge in [-0.3, -0.25) is 0 Å². The SMILES string of the molecule is CCNCc1nc(C(C)C)ncc1N(C)CCC(F)(F)F. The molecule has 1 rings (SSSR count). The minimum Gasteiger partial charge on any atom is -0.371 e. The first-order valence-electron chi connectivity index (χ1n) is 7.09. The van der Waals surface area contributed by atoms with Gasteiger partial charge in [-0.15, -0.1) is 0 Å². The molecule has 0 radical (unpaired) electrons. The average molecular weight is 304 g/mol. The number of alkyl halides is 3. The van der Waals surface area contributed by atoms with E-state index in [-0.39, 0.29) is 12.5 Å². The van der Waals surface area contributed by atoms with Gasteiger partial charge in [-0.05, 0) is 6.54 Å². The molecular weight excluding hydrogens is 281 g/mol. The lowest BCUT2D eigenvalue weighted by molar-refractivity contribution is -0.132. The van der Waals surface area contributed by atoms with Gasteiger partial charge in [-0.2, -0.15) is 13.2 Å². The summed E-state index contributed by atoms with van der Waals surface area (Å²) in [4.78, 5) is 10.3. The van der Waals surface area contributed by atoms with Crippen molar-refractivity contribution in [3.05, 3.63) is 17.7 Å². The van der Waals surface area contributed by atoms with Crippen LogP contribution in [0.3, 0.4) is 0 Å². The molecule has 0 bridgehead atoms. The topological polar surface area (TPSA) is 41.1 Å². The van der Waals surface area contributed by atoms with Crippen LogP contribution in [0.2, 0.25) is 0 Å². The fourth-order valence-corrected chi connectivity index (χ4v) is 1.81. The highest BCUT2D eigenvalue weighted by Gasteiger charge is 2.27. The molecule has 120 valence electrons. The zero-order valence-corrected chi connectivity index (χ0v) is 13.0. The minimum atomic E-state index is -4.16. The molecule has 0 unspecified atom stereocenters. The Kier molecular flexibility index (Phi) is 6.39. The van der Waals surface area contributed by atoms with Gasteiger partial charge >= 0.3 is 6.18 Å². The van der Waals surface area contributed by atoms with Crippen LogP contribution in [0.4, 0.5) is 18.9 Å². The van der Waals surface area contributed by atoms with Crippen LogP contribution in [0.5, 0.6) is 0 Å². The fourth-order valence-electron chi connectivity index (χ4n) is 1.81. The molecule has 1 heterocycles. The van der Waals surface area contributed by atoms with E-state index in [1.807, 2.05) is 20.8 Å². The molecular formula is C14H23F3N4. The third-order valence-electron chi connectivity index (χ3n) is 3.07. The first-order chi connectivity index (χ1) is 9.74. The predicted molar refractivity (Wildman–Crippen MR) is 77.4 cm³/mol. The minimum absolute atomic E-state index is 0.104. The van der Waals surface area contributed by atoms with Crippen molar-refractivity contribution in [2.45, 2.75) is 45.8 Å². The van der Waals surface area contributed by atoms with Gasteiger partial charge in [-0.25, -0.2) is 9.97 Å². The monoisotopic (exact) mass is 304 g/mol. The maximum atomic E-state index is 12.3. The van der Waals surface area contributed by atoms with Crippen molar-refractivity contribution in [1.29, 1.82) is 0 Å². The Hall–Kier alpha value is -1.37. The lowest BCUT2D eigenvalue weighted by Crippen LogP contribution is -2.27. The highest BCUT2D eigenvalue weighted by atomic mass is 19.4. The smallest absolute Gasteiger partial charge is 0.371 e. The number of hydrogen-bond donors (Lipinski definition) is 1. The number of nitrogens with one attached hydrogen (secondary N) is 1. The lowest BCUT2D eigenvalue weighted by atomic mass is 10.2. The van der Waals surface area contributed by atoms with Crippen molar-refractivity contribution in [3.8, 4) is 0 Å². The first-order valence-corrected chi connectivity index (χ1v) is 7.09. The van der Waals surface area contributed by atoms with E-state index in [1.54, 1.807) is 18.1 Å². The number of anilines is 1. The van der Waals surface area contributed by atoms with Crippen LogP contribution in [0.15, 0.2) is 6.20 Å². The summed E-state index contributed by atoms with van der Waals surface area (Å²) >= 11 is 0. The van der Waals surface area contributed by atoms with Gasteiger partial charge in [-0.1, -0.05) is 20.8 Å². The van der Waals surface area contributed by atoms with E-state index in [4.69, 9.17) is 0 Å². The molecule has 7 heteroatoms. The summed E-state index contributed by atoms with van der Waals surface area (Å²) in [5.74, 6) is 0.885. The summed E-state index contributed by atoms with van der Waals surface area (Å²) < 4.78 is 37.0. The molecule has 21 heavy (non-hydrogen) atoms. The summed E-state index contributed by atoms with van der Waals surface area (Å²) in [6.07, 6.45) is -3.39. The van der Waals surface area contributed by atoms with E-state index in [0.29, 0.717) is 18.1 Å². The normalized spacial score (nSPS) is 12.0.